The van der Waals surface area contributed by atoms with E-state index in [1.807, 2.05) is 0 Å². The third kappa shape index (κ3) is 2.66. The summed E-state index contributed by atoms with van der Waals surface area (Å²) in [4.78, 5) is 21.8. The van der Waals surface area contributed by atoms with Crippen LogP contribution in [0.3, 0.4) is 0 Å². The second-order valence-electron chi connectivity index (χ2n) is 4.91. The summed E-state index contributed by atoms with van der Waals surface area (Å²) in [6.45, 7) is 2.26. The van der Waals surface area contributed by atoms with Crippen molar-refractivity contribution in [1.82, 2.24) is 9.97 Å². The molecule has 5 heteroatoms. The van der Waals surface area contributed by atoms with Crippen molar-refractivity contribution in [3.8, 4) is 0 Å². The van der Waals surface area contributed by atoms with Crippen molar-refractivity contribution in [3.63, 3.8) is 0 Å². The van der Waals surface area contributed by atoms with Crippen LogP contribution in [0, 0.1) is 5.92 Å². The molecule has 2 aromatic heterocycles. The summed E-state index contributed by atoms with van der Waals surface area (Å²) in [6.07, 6.45) is 4.90. The van der Waals surface area contributed by atoms with Gasteiger partial charge < -0.3 is 0 Å². The number of nitrogens with one attached hydrogen (secondary N) is 1. The van der Waals surface area contributed by atoms with Gasteiger partial charge >= 0.3 is 0 Å². The molecule has 0 bridgehead atoms. The maximum Gasteiger partial charge on any atom is 0.276 e. The number of hydrogen-bond acceptors (Lipinski definition) is 4. The number of amides is 1. The highest BCUT2D eigenvalue weighted by molar-refractivity contribution is 7.15. The Hall–Kier alpha value is -1.75. The maximum atomic E-state index is 12.0. The van der Waals surface area contributed by atoms with E-state index in [9.17, 15) is 4.79 Å². The zero-order valence-electron chi connectivity index (χ0n) is 10.7. The van der Waals surface area contributed by atoms with Gasteiger partial charge in [-0.25, -0.2) is 4.98 Å². The summed E-state index contributed by atoms with van der Waals surface area (Å²) in [6, 6.07) is 5.29. The molecule has 1 aliphatic rings. The minimum Gasteiger partial charge on any atom is -0.296 e. The Labute approximate surface area is 115 Å². The monoisotopic (exact) mass is 273 g/mol. The van der Waals surface area contributed by atoms with Crippen molar-refractivity contribution in [2.24, 2.45) is 5.92 Å². The van der Waals surface area contributed by atoms with Crippen molar-refractivity contribution in [3.05, 3.63) is 40.7 Å². The van der Waals surface area contributed by atoms with Gasteiger partial charge in [0.15, 0.2) is 5.13 Å². The number of hydrogen-bond donors (Lipinski definition) is 1. The second-order valence-corrected chi connectivity index (χ2v) is 5.99. The van der Waals surface area contributed by atoms with Crippen LogP contribution in [0.1, 0.15) is 34.4 Å². The van der Waals surface area contributed by atoms with Crippen LogP contribution >= 0.6 is 11.3 Å². The smallest absolute Gasteiger partial charge is 0.276 e. The summed E-state index contributed by atoms with van der Waals surface area (Å²) in [5.41, 5.74) is 1.57. The molecule has 0 aromatic carbocycles. The molecule has 98 valence electrons. The van der Waals surface area contributed by atoms with Gasteiger partial charge in [-0.2, -0.15) is 0 Å². The zero-order valence-corrected chi connectivity index (χ0v) is 11.5. The molecule has 19 heavy (non-hydrogen) atoms. The molecule has 1 unspecified atom stereocenters. The summed E-state index contributed by atoms with van der Waals surface area (Å²) < 4.78 is 0. The van der Waals surface area contributed by atoms with Gasteiger partial charge in [-0.3, -0.25) is 15.1 Å². The zero-order chi connectivity index (χ0) is 13.2. The maximum absolute atomic E-state index is 12.0. The van der Waals surface area contributed by atoms with Crippen LogP contribution in [0.5, 0.6) is 0 Å². The SMILES string of the molecule is CC1CCc2nc(NC(=O)c3ccccn3)sc2C1. The molecule has 3 rings (SSSR count). The average molecular weight is 273 g/mol. The van der Waals surface area contributed by atoms with Crippen LogP contribution in [0.15, 0.2) is 24.4 Å². The molecular weight excluding hydrogens is 258 g/mol. The van der Waals surface area contributed by atoms with Crippen molar-refractivity contribution < 1.29 is 4.79 Å². The number of anilines is 1. The molecular formula is C14H15N3OS. The van der Waals surface area contributed by atoms with Crippen LogP contribution in [0.2, 0.25) is 0 Å². The van der Waals surface area contributed by atoms with E-state index in [1.165, 1.54) is 11.3 Å². The van der Waals surface area contributed by atoms with E-state index in [0.29, 0.717) is 16.7 Å². The highest BCUT2D eigenvalue weighted by Crippen LogP contribution is 2.32. The minimum atomic E-state index is -0.195. The molecule has 2 heterocycles. The van der Waals surface area contributed by atoms with E-state index in [2.05, 4.69) is 22.2 Å². The first-order valence-corrected chi connectivity index (χ1v) is 7.25. The lowest BCUT2D eigenvalue weighted by atomic mass is 9.93. The van der Waals surface area contributed by atoms with Gasteiger partial charge in [0.2, 0.25) is 0 Å². The number of thiazole rings is 1. The fraction of sp³-hybridized carbons (Fsp3) is 0.357. The number of fused-ring (bicyclic) bond motifs is 1. The number of pyridine rings is 1. The first kappa shape index (κ1) is 12.3. The van der Waals surface area contributed by atoms with Crippen molar-refractivity contribution >= 4 is 22.4 Å². The molecule has 0 saturated heterocycles. The van der Waals surface area contributed by atoms with E-state index < -0.39 is 0 Å². The number of carbonyl (C=O) groups is 1. The van der Waals surface area contributed by atoms with Gasteiger partial charge in [0.25, 0.3) is 5.91 Å². The standard InChI is InChI=1S/C14H15N3OS/c1-9-5-6-10-12(8-9)19-14(16-10)17-13(18)11-4-2-3-7-15-11/h2-4,7,9H,5-6,8H2,1H3,(H,16,17,18). The fourth-order valence-corrected chi connectivity index (χ4v) is 3.42. The molecule has 0 saturated carbocycles. The summed E-state index contributed by atoms with van der Waals surface area (Å²) in [5, 5.41) is 3.53. The van der Waals surface area contributed by atoms with E-state index in [-0.39, 0.29) is 5.91 Å². The highest BCUT2D eigenvalue weighted by Gasteiger charge is 2.20. The van der Waals surface area contributed by atoms with Gasteiger partial charge in [-0.15, -0.1) is 11.3 Å². The van der Waals surface area contributed by atoms with Crippen molar-refractivity contribution in [2.45, 2.75) is 26.2 Å². The number of nitrogens with zero attached hydrogens (tertiary/aromatic N) is 2. The largest absolute Gasteiger partial charge is 0.296 e. The average Bonchev–Trinajstić information content (AvgIpc) is 2.81. The first-order valence-electron chi connectivity index (χ1n) is 6.43. The normalized spacial score (nSPS) is 17.8. The number of rotatable bonds is 2. The lowest BCUT2D eigenvalue weighted by Crippen LogP contribution is -2.13. The quantitative estimate of drug-likeness (QED) is 0.915. The molecule has 1 aliphatic carbocycles. The molecule has 1 atom stereocenters. The van der Waals surface area contributed by atoms with Crippen LogP contribution in [0.25, 0.3) is 0 Å². The second kappa shape index (κ2) is 5.09. The van der Waals surface area contributed by atoms with Gasteiger partial charge in [-0.1, -0.05) is 13.0 Å². The predicted octanol–water partition coefficient (Wildman–Crippen LogP) is 2.92. The van der Waals surface area contributed by atoms with Gasteiger partial charge in [-0.05, 0) is 37.3 Å². The Kier molecular flexibility index (Phi) is 3.29. The lowest BCUT2D eigenvalue weighted by Gasteiger charge is -2.15. The molecule has 0 fully saturated rings. The van der Waals surface area contributed by atoms with Crippen molar-refractivity contribution in [1.29, 1.82) is 0 Å². The number of aromatic nitrogens is 2. The van der Waals surface area contributed by atoms with Gasteiger partial charge in [0.05, 0.1) is 5.69 Å². The minimum absolute atomic E-state index is 0.195. The molecule has 1 amide bonds. The molecule has 2 aromatic rings. The molecule has 4 nitrogen and oxygen atoms in total. The van der Waals surface area contributed by atoms with Crippen LogP contribution in [0.4, 0.5) is 5.13 Å². The topological polar surface area (TPSA) is 54.9 Å². The molecule has 0 radical (unpaired) electrons. The van der Waals surface area contributed by atoms with Gasteiger partial charge in [0, 0.05) is 11.1 Å². The van der Waals surface area contributed by atoms with E-state index in [0.717, 1.165) is 18.5 Å². The highest BCUT2D eigenvalue weighted by atomic mass is 32.1. The molecule has 0 spiro atoms. The van der Waals surface area contributed by atoms with Crippen LogP contribution in [-0.2, 0) is 12.8 Å². The Balaban J connectivity index is 1.76. The van der Waals surface area contributed by atoms with Crippen LogP contribution in [-0.4, -0.2) is 15.9 Å². The predicted molar refractivity (Wildman–Crippen MR) is 75.5 cm³/mol. The van der Waals surface area contributed by atoms with Crippen molar-refractivity contribution in [2.75, 3.05) is 5.32 Å². The first-order chi connectivity index (χ1) is 9.22. The number of carbonyl (C=O) groups excluding carboxylic acids is 1. The summed E-state index contributed by atoms with van der Waals surface area (Å²) in [5.74, 6) is 0.520. The van der Waals surface area contributed by atoms with E-state index in [1.54, 1.807) is 35.7 Å². The lowest BCUT2D eigenvalue weighted by molar-refractivity contribution is 0.102. The third-order valence-corrected chi connectivity index (χ3v) is 4.34. The van der Waals surface area contributed by atoms with Gasteiger partial charge in [0.1, 0.15) is 5.69 Å². The Morgan fingerprint density at radius 3 is 3.16 bits per heavy atom. The van der Waals surface area contributed by atoms with Crippen LogP contribution < -0.4 is 5.32 Å². The molecule has 0 aliphatic heterocycles. The third-order valence-electron chi connectivity index (χ3n) is 3.30. The Bertz CT molecular complexity index is 594. The number of aryl methyl sites for hydroxylation is 1. The Morgan fingerprint density at radius 2 is 2.37 bits per heavy atom. The fourth-order valence-electron chi connectivity index (χ4n) is 2.25. The van der Waals surface area contributed by atoms with E-state index >= 15 is 0 Å². The summed E-state index contributed by atoms with van der Waals surface area (Å²) in [7, 11) is 0. The molecule has 1 N–H and O–H groups in total. The van der Waals surface area contributed by atoms with E-state index in [4.69, 9.17) is 0 Å². The Morgan fingerprint density at radius 1 is 1.47 bits per heavy atom. The summed E-state index contributed by atoms with van der Waals surface area (Å²) >= 11 is 1.59.